The van der Waals surface area contributed by atoms with E-state index in [1.165, 1.54) is 77.5 Å². The standard InChI is InChI=1S/C70H52N2O/c1-69(2)61-27-15-13-23-54(61)55-40-38-51(42-62(55)69)71(48-20-9-6-10-21-48)49-36-32-47(33-37-49)60-44-64-67(57-25-12-11-22-53(57)60)59-41-39-52(43-63(59)70(64,3)4)72(50-34-30-46(31-35-50)45-18-7-5-8-19-45)65-28-17-26-58-56-24-14-16-29-66(56)73-68(58)65/h5-44H,1-4H3. The van der Waals surface area contributed by atoms with Gasteiger partial charge in [0.1, 0.15) is 5.58 Å². The Balaban J connectivity index is 0.872. The van der Waals surface area contributed by atoms with Crippen LogP contribution < -0.4 is 9.80 Å². The van der Waals surface area contributed by atoms with Crippen molar-refractivity contribution in [3.8, 4) is 44.5 Å². The Morgan fingerprint density at radius 2 is 0.808 bits per heavy atom. The maximum absolute atomic E-state index is 6.74. The third-order valence-corrected chi connectivity index (χ3v) is 16.1. The lowest BCUT2D eigenvalue weighted by Crippen LogP contribution is -2.17. The minimum Gasteiger partial charge on any atom is -0.454 e. The van der Waals surface area contributed by atoms with E-state index in [9.17, 15) is 0 Å². The second-order valence-electron chi connectivity index (χ2n) is 20.9. The molecule has 12 aromatic rings. The van der Waals surface area contributed by atoms with Crippen LogP contribution in [0.25, 0.3) is 77.2 Å². The minimum absolute atomic E-state index is 0.101. The third-order valence-electron chi connectivity index (χ3n) is 16.1. The fraction of sp³-hybridized carbons (Fsp3) is 0.0857. The number of anilines is 6. The Hall–Kier alpha value is -8.92. The van der Waals surface area contributed by atoms with Crippen molar-refractivity contribution in [1.82, 2.24) is 0 Å². The number of benzene rings is 11. The molecule has 1 aromatic heterocycles. The topological polar surface area (TPSA) is 19.6 Å². The Morgan fingerprint density at radius 1 is 0.301 bits per heavy atom. The molecule has 0 N–H and O–H groups in total. The molecule has 348 valence electrons. The van der Waals surface area contributed by atoms with Gasteiger partial charge in [0.05, 0.1) is 5.69 Å². The molecule has 0 saturated heterocycles. The average Bonchev–Trinajstić information content (AvgIpc) is 4.03. The number of nitrogens with zero attached hydrogens (tertiary/aromatic N) is 2. The Morgan fingerprint density at radius 3 is 1.56 bits per heavy atom. The van der Waals surface area contributed by atoms with Gasteiger partial charge in [0.15, 0.2) is 5.58 Å². The number of fused-ring (bicyclic) bond motifs is 11. The highest BCUT2D eigenvalue weighted by Crippen LogP contribution is 2.56. The summed E-state index contributed by atoms with van der Waals surface area (Å²) in [4.78, 5) is 4.78. The van der Waals surface area contributed by atoms with E-state index in [0.717, 1.165) is 56.1 Å². The molecular formula is C70H52N2O. The molecule has 2 aliphatic carbocycles. The van der Waals surface area contributed by atoms with Crippen LogP contribution in [-0.2, 0) is 10.8 Å². The minimum atomic E-state index is -0.307. The number of hydrogen-bond acceptors (Lipinski definition) is 3. The lowest BCUT2D eigenvalue weighted by atomic mass is 9.80. The van der Waals surface area contributed by atoms with Crippen molar-refractivity contribution in [1.29, 1.82) is 0 Å². The molecule has 0 spiro atoms. The summed E-state index contributed by atoms with van der Waals surface area (Å²) >= 11 is 0. The van der Waals surface area contributed by atoms with Crippen molar-refractivity contribution < 1.29 is 4.42 Å². The van der Waals surface area contributed by atoms with E-state index in [2.05, 4.69) is 274 Å². The van der Waals surface area contributed by atoms with Crippen molar-refractivity contribution in [2.75, 3.05) is 9.80 Å². The number of rotatable bonds is 8. The second kappa shape index (κ2) is 16.3. The number of hydrogen-bond donors (Lipinski definition) is 0. The summed E-state index contributed by atoms with van der Waals surface area (Å²) in [5.41, 5.74) is 23.3. The van der Waals surface area contributed by atoms with Gasteiger partial charge in [0.25, 0.3) is 0 Å². The van der Waals surface area contributed by atoms with Crippen LogP contribution in [0.1, 0.15) is 49.9 Å². The van der Waals surface area contributed by atoms with Gasteiger partial charge in [-0.05, 0) is 156 Å². The first-order valence-corrected chi connectivity index (χ1v) is 25.5. The Kier molecular flexibility index (Phi) is 9.59. The van der Waals surface area contributed by atoms with E-state index < -0.39 is 0 Å². The number of furan rings is 1. The molecule has 3 heteroatoms. The van der Waals surface area contributed by atoms with Gasteiger partial charge in [0.2, 0.25) is 0 Å². The summed E-state index contributed by atoms with van der Waals surface area (Å²) in [5, 5.41) is 4.74. The summed E-state index contributed by atoms with van der Waals surface area (Å²) in [6, 6.07) is 88.9. The molecule has 0 saturated carbocycles. The van der Waals surface area contributed by atoms with Gasteiger partial charge in [-0.2, -0.15) is 0 Å². The lowest BCUT2D eigenvalue weighted by Gasteiger charge is -2.28. The maximum atomic E-state index is 6.74. The Labute approximate surface area is 426 Å². The Bertz CT molecular complexity index is 4130. The molecule has 11 aromatic carbocycles. The first kappa shape index (κ1) is 42.9. The van der Waals surface area contributed by atoms with Crippen LogP contribution in [-0.4, -0.2) is 0 Å². The fourth-order valence-electron chi connectivity index (χ4n) is 12.4. The van der Waals surface area contributed by atoms with Gasteiger partial charge in [-0.1, -0.05) is 191 Å². The smallest absolute Gasteiger partial charge is 0.159 e. The van der Waals surface area contributed by atoms with Crippen molar-refractivity contribution in [2.45, 2.75) is 38.5 Å². The van der Waals surface area contributed by atoms with E-state index in [-0.39, 0.29) is 10.8 Å². The largest absolute Gasteiger partial charge is 0.454 e. The highest BCUT2D eigenvalue weighted by Gasteiger charge is 2.39. The van der Waals surface area contributed by atoms with Crippen molar-refractivity contribution in [2.24, 2.45) is 0 Å². The van der Waals surface area contributed by atoms with E-state index >= 15 is 0 Å². The molecule has 0 radical (unpaired) electrons. The van der Waals surface area contributed by atoms with Crippen LogP contribution in [0.5, 0.6) is 0 Å². The normalized spacial score (nSPS) is 13.7. The van der Waals surface area contributed by atoms with Crippen LogP contribution in [0.4, 0.5) is 34.1 Å². The van der Waals surface area contributed by atoms with Crippen molar-refractivity contribution >= 4 is 66.8 Å². The molecule has 1 heterocycles. The zero-order chi connectivity index (χ0) is 49.0. The highest BCUT2D eigenvalue weighted by atomic mass is 16.3. The molecular weight excluding hydrogens is 885 g/mol. The van der Waals surface area contributed by atoms with Gasteiger partial charge < -0.3 is 14.2 Å². The molecule has 3 nitrogen and oxygen atoms in total. The molecule has 73 heavy (non-hydrogen) atoms. The van der Waals surface area contributed by atoms with Gasteiger partial charge in [-0.3, -0.25) is 0 Å². The molecule has 2 aliphatic rings. The monoisotopic (exact) mass is 936 g/mol. The zero-order valence-corrected chi connectivity index (χ0v) is 41.4. The SMILES string of the molecule is CC1(C)c2ccccc2-c2ccc(N(c3ccccc3)c3ccc(-c4cc5c(c6ccccc46)-c4ccc(N(c6ccc(-c7ccccc7)cc6)c6cccc7c6oc6ccccc67)cc4C5(C)C)cc3)cc21. The molecule has 0 fully saturated rings. The second-order valence-corrected chi connectivity index (χ2v) is 20.9. The predicted octanol–water partition coefficient (Wildman–Crippen LogP) is 19.6. The molecule has 14 rings (SSSR count). The van der Waals surface area contributed by atoms with Crippen LogP contribution in [0.3, 0.4) is 0 Å². The average molecular weight is 937 g/mol. The van der Waals surface area contributed by atoms with E-state index in [4.69, 9.17) is 4.42 Å². The van der Waals surface area contributed by atoms with Gasteiger partial charge in [0, 0.05) is 50.0 Å². The van der Waals surface area contributed by atoms with E-state index in [1.807, 2.05) is 6.07 Å². The number of para-hydroxylation sites is 3. The van der Waals surface area contributed by atoms with E-state index in [0.29, 0.717) is 0 Å². The van der Waals surface area contributed by atoms with Crippen molar-refractivity contribution in [3.05, 3.63) is 265 Å². The quantitative estimate of drug-likeness (QED) is 0.151. The summed E-state index contributed by atoms with van der Waals surface area (Å²) < 4.78 is 6.74. The van der Waals surface area contributed by atoms with E-state index in [1.54, 1.807) is 0 Å². The first-order valence-electron chi connectivity index (χ1n) is 25.5. The van der Waals surface area contributed by atoms with Crippen LogP contribution in [0.2, 0.25) is 0 Å². The van der Waals surface area contributed by atoms with Crippen molar-refractivity contribution in [3.63, 3.8) is 0 Å². The molecule has 0 aliphatic heterocycles. The summed E-state index contributed by atoms with van der Waals surface area (Å²) in [6.45, 7) is 9.51. The maximum Gasteiger partial charge on any atom is 0.159 e. The molecule has 0 amide bonds. The highest BCUT2D eigenvalue weighted by molar-refractivity contribution is 6.12. The summed E-state index contributed by atoms with van der Waals surface area (Å²) in [7, 11) is 0. The predicted molar refractivity (Wildman–Crippen MR) is 307 cm³/mol. The molecule has 0 bridgehead atoms. The van der Waals surface area contributed by atoms with Gasteiger partial charge in [-0.15, -0.1) is 0 Å². The first-order chi connectivity index (χ1) is 35.7. The summed E-state index contributed by atoms with van der Waals surface area (Å²) in [5.74, 6) is 0. The third kappa shape index (κ3) is 6.65. The lowest BCUT2D eigenvalue weighted by molar-refractivity contribution is 0.660. The molecule has 0 unspecified atom stereocenters. The zero-order valence-electron chi connectivity index (χ0n) is 41.4. The van der Waals surface area contributed by atoms with Crippen LogP contribution in [0, 0.1) is 0 Å². The van der Waals surface area contributed by atoms with Gasteiger partial charge in [-0.25, -0.2) is 0 Å². The van der Waals surface area contributed by atoms with Crippen LogP contribution in [0.15, 0.2) is 247 Å². The van der Waals surface area contributed by atoms with Crippen LogP contribution >= 0.6 is 0 Å². The fourth-order valence-corrected chi connectivity index (χ4v) is 12.4. The van der Waals surface area contributed by atoms with Gasteiger partial charge >= 0.3 is 0 Å². The molecule has 0 atom stereocenters. The summed E-state index contributed by atoms with van der Waals surface area (Å²) in [6.07, 6.45) is 0.